The number of carboxylic acids is 1. The van der Waals surface area contributed by atoms with Crippen LogP contribution in [0.3, 0.4) is 0 Å². The van der Waals surface area contributed by atoms with E-state index in [1.807, 2.05) is 59.8 Å². The van der Waals surface area contributed by atoms with Crippen molar-refractivity contribution in [1.82, 2.24) is 5.32 Å². The third-order valence-corrected chi connectivity index (χ3v) is 21.7. The Morgan fingerprint density at radius 2 is 1.44 bits per heavy atom. The molecule has 7 aliphatic rings. The van der Waals surface area contributed by atoms with Crippen molar-refractivity contribution in [3.05, 3.63) is 74.8 Å². The van der Waals surface area contributed by atoms with Gasteiger partial charge in [0.05, 0.1) is 23.9 Å². The number of carbonyl (C=O) groups excluding carboxylic acids is 6. The van der Waals surface area contributed by atoms with Gasteiger partial charge in [0.1, 0.15) is 18.3 Å². The largest absolute Gasteiger partial charge is 0.756 e. The van der Waals surface area contributed by atoms with Gasteiger partial charge in [0.25, 0.3) is 7.82 Å². The average molecular weight is 1360 g/mol. The molecule has 2 saturated heterocycles. The van der Waals surface area contributed by atoms with Crippen LogP contribution in [-0.4, -0.2) is 136 Å². The predicted octanol–water partition coefficient (Wildman–Crippen LogP) is 4.27. The van der Waals surface area contributed by atoms with E-state index in [9.17, 15) is 58.3 Å². The van der Waals surface area contributed by atoms with Crippen molar-refractivity contribution < 1.29 is 88.9 Å². The molecular weight excluding hydrogens is 1270 g/mol. The normalized spacial score (nSPS) is 31.5. The molecule has 7 aliphatic heterocycles. The number of primary amides is 5. The second kappa shape index (κ2) is 28.6. The predicted molar refractivity (Wildman–Crippen MR) is 337 cm³/mol. The third kappa shape index (κ3) is 14.7. The molecule has 1 aromatic carbocycles. The van der Waals surface area contributed by atoms with Crippen molar-refractivity contribution >= 4 is 77.7 Å². The van der Waals surface area contributed by atoms with Crippen molar-refractivity contribution in [2.45, 2.75) is 189 Å². The number of rotatable bonds is 26. The molecule has 0 spiro atoms. The molecule has 15 atom stereocenters. The molecule has 30 heteroatoms. The molecule has 0 aliphatic carbocycles. The van der Waals surface area contributed by atoms with Gasteiger partial charge in [-0.05, 0) is 113 Å². The molecule has 8 rings (SSSR count). The summed E-state index contributed by atoms with van der Waals surface area (Å²) in [5, 5.41) is 51.2. The number of amides is 6. The zero-order chi connectivity index (χ0) is 68.7. The van der Waals surface area contributed by atoms with Crippen LogP contribution in [0.15, 0.2) is 61.4 Å². The quantitative estimate of drug-likeness (QED) is 0.0462. The van der Waals surface area contributed by atoms with Crippen molar-refractivity contribution in [3.8, 4) is 0 Å². The molecule has 14 N–H and O–H groups in total. The number of hydrogen-bond donors (Lipinski definition) is 9. The molecule has 1 radical (unpaired) electrons. The molecule has 513 valence electrons. The first-order valence-corrected chi connectivity index (χ1v) is 32.2. The molecule has 0 aromatic heterocycles. The van der Waals surface area contributed by atoms with Gasteiger partial charge in [0.15, 0.2) is 6.23 Å². The van der Waals surface area contributed by atoms with E-state index in [2.05, 4.69) is 10.6 Å². The maximum absolute atomic E-state index is 14.3. The number of nitrogens with zero attached hydrogens (tertiary/aromatic N) is 7. The minimum atomic E-state index is -5.32. The van der Waals surface area contributed by atoms with Crippen molar-refractivity contribution in [1.29, 1.82) is 5.26 Å². The second-order valence-electron chi connectivity index (χ2n) is 27.0. The first-order valence-electron chi connectivity index (χ1n) is 30.8. The van der Waals surface area contributed by atoms with Gasteiger partial charge in [-0.15, -0.1) is 5.69 Å². The number of fused-ring (bicyclic) bond motifs is 7. The number of allylic oxidation sites excluding steroid dienone is 6. The van der Waals surface area contributed by atoms with E-state index in [-0.39, 0.29) is 101 Å². The zero-order valence-electron chi connectivity index (χ0n) is 54.4. The Labute approximate surface area is 552 Å². The number of nitrogens with two attached hydrogens (primary N) is 5. The summed E-state index contributed by atoms with van der Waals surface area (Å²) >= 11 is 0. The molecule has 1 aromatic rings. The maximum atomic E-state index is 14.3. The maximum Gasteiger partial charge on any atom is 0.303 e. The molecule has 8 bridgehead atoms. The fourth-order valence-electron chi connectivity index (χ4n) is 15.4. The Bertz CT molecular complexity index is 3440. The molecule has 0 saturated carbocycles. The Morgan fingerprint density at radius 3 is 2.02 bits per heavy atom. The molecule has 2 fully saturated rings. The minimum absolute atomic E-state index is 0. The van der Waals surface area contributed by atoms with Gasteiger partial charge in [0.2, 0.25) is 35.4 Å². The number of aliphatic carboxylic acids is 1. The average Bonchev–Trinajstić information content (AvgIpc) is 1.53. The minimum Gasteiger partial charge on any atom is -0.756 e. The van der Waals surface area contributed by atoms with Gasteiger partial charge in [0, 0.05) is 131 Å². The van der Waals surface area contributed by atoms with Crippen LogP contribution in [0.2, 0.25) is 0 Å². The summed E-state index contributed by atoms with van der Waals surface area (Å²) in [5.74, 6) is -8.12. The topological polar surface area (TPSA) is 482 Å². The summed E-state index contributed by atoms with van der Waals surface area (Å²) in [6, 6.07) is 2.68. The summed E-state index contributed by atoms with van der Waals surface area (Å²) in [6.07, 6.45) is -6.63. The van der Waals surface area contributed by atoms with Crippen LogP contribution in [0.1, 0.15) is 144 Å². The van der Waals surface area contributed by atoms with Crippen LogP contribution in [0.5, 0.6) is 0 Å². The van der Waals surface area contributed by atoms with E-state index in [0.29, 0.717) is 56.7 Å². The van der Waals surface area contributed by atoms with Gasteiger partial charge in [-0.1, -0.05) is 53.4 Å². The van der Waals surface area contributed by atoms with E-state index >= 15 is 0 Å². The Kier molecular flexibility index (Phi) is 23.1. The first kappa shape index (κ1) is 75.2. The van der Waals surface area contributed by atoms with Crippen LogP contribution in [0.25, 0.3) is 10.6 Å². The summed E-state index contributed by atoms with van der Waals surface area (Å²) in [7, 11) is -5.32. The number of carboxylic acid groups (broad SMARTS) is 1. The van der Waals surface area contributed by atoms with Gasteiger partial charge in [-0.2, -0.15) is 5.70 Å². The Balaban J connectivity index is 0.00000453. The van der Waals surface area contributed by atoms with Crippen LogP contribution in [0, 0.1) is 71.0 Å². The number of aliphatic hydroxyl groups excluding tert-OH is 2. The summed E-state index contributed by atoms with van der Waals surface area (Å²) in [5.41, 5.74) is 30.5. The third-order valence-electron chi connectivity index (χ3n) is 20.6. The number of phosphoric acid groups is 1. The number of aryl methyl sites for hydroxylation is 2. The van der Waals surface area contributed by atoms with Gasteiger partial charge < -0.3 is 95.3 Å². The van der Waals surface area contributed by atoms with Crippen molar-refractivity contribution in [2.75, 3.05) is 24.7 Å². The second-order valence-corrected chi connectivity index (χ2v) is 28.4. The SMILES string of the molecule is CC1=C2[N-][C@H]([C@H](CC(N)=O)[C@@]2(C)CCC(=O)NC[C@@H](C)OP(=O)([O-])O[C@H]2[C@@H](O)[C@@H](N3C[N-]c4cc(C)c(C)cc43)O[C@@H]2CO)[C@]2(C)N=C(C(C)=C3N=C(C=C4N=C1[C@@H](CCC(N)=O)C4(C)C)[C@@H](CCC(N)=O)[C@]3(C)CC(N)=O)[C@@H](CCC(=O)O)[C@]2(C)CC(N)=O.[C-]#N.[Co]. The number of phosphoric ester groups is 1. The van der Waals surface area contributed by atoms with E-state index < -0.39 is 143 Å². The first-order chi connectivity index (χ1) is 42.8. The smallest absolute Gasteiger partial charge is 0.303 e. The fraction of sp³-hybridized carbons (Fsp3) is 0.635. The van der Waals surface area contributed by atoms with Crippen molar-refractivity contribution in [2.24, 2.45) is 89.0 Å². The van der Waals surface area contributed by atoms with Gasteiger partial charge in [-0.3, -0.25) is 53.1 Å². The summed E-state index contributed by atoms with van der Waals surface area (Å²) in [6.45, 7) is 23.7. The number of anilines is 1. The van der Waals surface area contributed by atoms with E-state index in [4.69, 9.17) is 74.6 Å². The number of benzene rings is 1. The zero-order valence-corrected chi connectivity index (χ0v) is 56.4. The molecular formula is C63H88CoN13O15P-4. The standard InChI is InChI=1S/C62H90N12O15P.CN.Co/c1-29-20-39-40(21-30(29)2)74(28-69-39)57-52(84)53(41(27-75)87-57)89-90(85,86)88-31(3)26-68-48(81)18-19-59(8)37(22-45(65)78)56-62(11)61(10,25-47(67)80)36(14-17-49(82)83)51(73-62)33(5)55-60(9,24-46(66)79)34(12-15-43(63)76)38(70-55)23-42-58(6,7)35(13-16-44(64)77)50(71-42)32(4)54(59)72-56;1-2;/h20-21,23,31,34-37,41,52-53,56-57,75,84H,12-19,22,24-28H2,1-11H3,(H14,63,64,65,66,67,68,70,71,72,73,76,77,78,79,80,81,82,83,85,86);;/q2*-1;/p-2/t31-,34-,35-,36-,37+,41-,52-,53-,56-,57+,59-,60+,61+,62+;;/m1../s1. The van der Waals surface area contributed by atoms with E-state index in [1.165, 1.54) is 6.92 Å². The molecule has 93 heavy (non-hydrogen) atoms. The Hall–Kier alpha value is -6.87. The number of carbonyl (C=O) groups is 7. The number of aliphatic hydroxyl groups is 2. The van der Waals surface area contributed by atoms with E-state index in [1.54, 1.807) is 32.6 Å². The molecule has 28 nitrogen and oxygen atoms in total. The molecule has 7 heterocycles. The number of hydrogen-bond acceptors (Lipinski definition) is 19. The van der Waals surface area contributed by atoms with Crippen LogP contribution in [0.4, 0.5) is 11.4 Å². The van der Waals surface area contributed by atoms with Gasteiger partial charge >= 0.3 is 5.97 Å². The van der Waals surface area contributed by atoms with Crippen LogP contribution in [-0.2, 0) is 68.7 Å². The van der Waals surface area contributed by atoms with E-state index in [0.717, 1.165) is 11.1 Å². The summed E-state index contributed by atoms with van der Waals surface area (Å²) in [4.78, 5) is 125. The van der Waals surface area contributed by atoms with Crippen LogP contribution >= 0.6 is 7.82 Å². The van der Waals surface area contributed by atoms with Crippen molar-refractivity contribution in [3.63, 3.8) is 0 Å². The number of ether oxygens (including phenoxy) is 1. The Morgan fingerprint density at radius 1 is 0.839 bits per heavy atom. The fourth-order valence-corrected chi connectivity index (χ4v) is 16.6. The summed E-state index contributed by atoms with van der Waals surface area (Å²) < 4.78 is 30.4. The molecule has 1 unspecified atom stereocenters. The van der Waals surface area contributed by atoms with Crippen LogP contribution < -0.4 is 43.8 Å². The number of aliphatic imine (C=N–C) groups is 3. The number of nitrogens with one attached hydrogen (secondary N) is 1. The van der Waals surface area contributed by atoms with Gasteiger partial charge in [-0.25, -0.2) is 0 Å². The molecule has 6 amide bonds. The monoisotopic (exact) mass is 1360 g/mol.